The van der Waals surface area contributed by atoms with E-state index in [0.29, 0.717) is 13.3 Å². The third kappa shape index (κ3) is 3.22. The van der Waals surface area contributed by atoms with Gasteiger partial charge in [0.15, 0.2) is 11.5 Å². The van der Waals surface area contributed by atoms with E-state index < -0.39 is 0 Å². The summed E-state index contributed by atoms with van der Waals surface area (Å²) in [5.74, 6) is 4.30. The summed E-state index contributed by atoms with van der Waals surface area (Å²) in [6.07, 6.45) is 3.79. The maximum Gasteiger partial charge on any atom is 0.231 e. The summed E-state index contributed by atoms with van der Waals surface area (Å²) in [4.78, 5) is 11.5. The second-order valence-corrected chi connectivity index (χ2v) is 6.25. The van der Waals surface area contributed by atoms with Crippen molar-refractivity contribution in [3.8, 4) is 11.5 Å². The highest BCUT2D eigenvalue weighted by atomic mass is 16.7. The van der Waals surface area contributed by atoms with Crippen molar-refractivity contribution in [1.82, 2.24) is 9.97 Å². The number of aryl methyl sites for hydroxylation is 1. The summed E-state index contributed by atoms with van der Waals surface area (Å²) in [6.45, 7) is 5.10. The maximum atomic E-state index is 5.43. The van der Waals surface area contributed by atoms with Crippen LogP contribution in [0.15, 0.2) is 24.3 Å². The van der Waals surface area contributed by atoms with Gasteiger partial charge in [-0.2, -0.15) is 0 Å². The Kier molecular flexibility index (Phi) is 4.11. The molecule has 6 nitrogen and oxygen atoms in total. The van der Waals surface area contributed by atoms with E-state index in [1.54, 1.807) is 0 Å². The first-order chi connectivity index (χ1) is 11.8. The smallest absolute Gasteiger partial charge is 0.231 e. The van der Waals surface area contributed by atoms with E-state index in [-0.39, 0.29) is 0 Å². The second-order valence-electron chi connectivity index (χ2n) is 6.25. The molecule has 2 aliphatic heterocycles. The van der Waals surface area contributed by atoms with Crippen LogP contribution in [0.1, 0.15) is 30.7 Å². The number of anilines is 2. The molecule has 4 rings (SSSR count). The van der Waals surface area contributed by atoms with Gasteiger partial charge in [0.1, 0.15) is 17.5 Å². The molecule has 1 saturated heterocycles. The lowest BCUT2D eigenvalue weighted by Crippen LogP contribution is -2.30. The van der Waals surface area contributed by atoms with E-state index in [0.717, 1.165) is 47.6 Å². The number of benzene rings is 1. The van der Waals surface area contributed by atoms with Crippen LogP contribution in [0.3, 0.4) is 0 Å². The number of piperidine rings is 1. The van der Waals surface area contributed by atoms with Crippen molar-refractivity contribution in [2.75, 3.05) is 30.1 Å². The van der Waals surface area contributed by atoms with Crippen molar-refractivity contribution < 1.29 is 9.47 Å². The minimum Gasteiger partial charge on any atom is -0.454 e. The van der Waals surface area contributed by atoms with E-state index in [1.165, 1.54) is 19.3 Å². The Morgan fingerprint density at radius 2 is 1.88 bits per heavy atom. The summed E-state index contributed by atoms with van der Waals surface area (Å²) in [5.41, 5.74) is 1.13. The van der Waals surface area contributed by atoms with E-state index in [1.807, 2.05) is 31.2 Å². The molecule has 3 heterocycles. The molecule has 2 aromatic rings. The number of nitrogens with one attached hydrogen (secondary N) is 1. The number of hydrogen-bond donors (Lipinski definition) is 1. The first-order valence-corrected chi connectivity index (χ1v) is 8.51. The minimum atomic E-state index is 0.302. The molecule has 1 aromatic carbocycles. The SMILES string of the molecule is Cc1nc(NCc2ccc3c(c2)OCO3)cc(N2CCCCC2)n1. The number of ether oxygens (including phenoxy) is 2. The molecule has 1 N–H and O–H groups in total. The third-order valence-corrected chi connectivity index (χ3v) is 4.42. The molecule has 0 aliphatic carbocycles. The average molecular weight is 326 g/mol. The zero-order valence-electron chi connectivity index (χ0n) is 13.9. The maximum absolute atomic E-state index is 5.43. The molecule has 126 valence electrons. The van der Waals surface area contributed by atoms with Crippen LogP contribution >= 0.6 is 0 Å². The van der Waals surface area contributed by atoms with E-state index in [2.05, 4.69) is 20.2 Å². The molecule has 0 atom stereocenters. The van der Waals surface area contributed by atoms with Crippen molar-refractivity contribution in [1.29, 1.82) is 0 Å². The van der Waals surface area contributed by atoms with Crippen molar-refractivity contribution in [2.45, 2.75) is 32.7 Å². The van der Waals surface area contributed by atoms with Crippen LogP contribution < -0.4 is 19.7 Å². The lowest BCUT2D eigenvalue weighted by molar-refractivity contribution is 0.174. The van der Waals surface area contributed by atoms with Gasteiger partial charge in [0, 0.05) is 25.7 Å². The molecule has 24 heavy (non-hydrogen) atoms. The number of hydrogen-bond acceptors (Lipinski definition) is 6. The summed E-state index contributed by atoms with van der Waals surface area (Å²) < 4.78 is 10.8. The Labute approximate surface area is 141 Å². The topological polar surface area (TPSA) is 59.5 Å². The largest absolute Gasteiger partial charge is 0.454 e. The number of fused-ring (bicyclic) bond motifs is 1. The van der Waals surface area contributed by atoms with Gasteiger partial charge in [0.25, 0.3) is 0 Å². The molecule has 1 aromatic heterocycles. The molecular formula is C18H22N4O2. The highest BCUT2D eigenvalue weighted by molar-refractivity contribution is 5.51. The van der Waals surface area contributed by atoms with Crippen LogP contribution in [0.25, 0.3) is 0 Å². The molecule has 6 heteroatoms. The molecule has 0 spiro atoms. The highest BCUT2D eigenvalue weighted by Gasteiger charge is 2.15. The van der Waals surface area contributed by atoms with Gasteiger partial charge >= 0.3 is 0 Å². The van der Waals surface area contributed by atoms with Gasteiger partial charge in [-0.1, -0.05) is 6.07 Å². The predicted molar refractivity (Wildman–Crippen MR) is 92.7 cm³/mol. The van der Waals surface area contributed by atoms with E-state index in [9.17, 15) is 0 Å². The third-order valence-electron chi connectivity index (χ3n) is 4.42. The van der Waals surface area contributed by atoms with Gasteiger partial charge < -0.3 is 19.7 Å². The van der Waals surface area contributed by atoms with Gasteiger partial charge in [0.05, 0.1) is 0 Å². The zero-order valence-corrected chi connectivity index (χ0v) is 13.9. The minimum absolute atomic E-state index is 0.302. The normalized spacial score (nSPS) is 16.3. The Morgan fingerprint density at radius 1 is 1.04 bits per heavy atom. The number of aromatic nitrogens is 2. The Bertz CT molecular complexity index is 729. The zero-order chi connectivity index (χ0) is 16.4. The summed E-state index contributed by atoms with van der Waals surface area (Å²) in [5, 5.41) is 3.40. The molecule has 0 unspecified atom stereocenters. The van der Waals surface area contributed by atoms with Crippen molar-refractivity contribution in [3.63, 3.8) is 0 Å². The molecule has 2 aliphatic rings. The second kappa shape index (κ2) is 6.55. The molecule has 0 radical (unpaired) electrons. The average Bonchev–Trinajstić information content (AvgIpc) is 3.08. The van der Waals surface area contributed by atoms with Gasteiger partial charge in [0.2, 0.25) is 6.79 Å². The number of rotatable bonds is 4. The van der Waals surface area contributed by atoms with Gasteiger partial charge in [-0.25, -0.2) is 9.97 Å². The molecule has 1 fully saturated rings. The first-order valence-electron chi connectivity index (χ1n) is 8.51. The Morgan fingerprint density at radius 3 is 2.75 bits per heavy atom. The van der Waals surface area contributed by atoms with Crippen LogP contribution in [0.5, 0.6) is 11.5 Å². The van der Waals surface area contributed by atoms with Crippen LogP contribution in [-0.2, 0) is 6.54 Å². The van der Waals surface area contributed by atoms with Crippen LogP contribution in [0.4, 0.5) is 11.6 Å². The summed E-state index contributed by atoms with van der Waals surface area (Å²) >= 11 is 0. The van der Waals surface area contributed by atoms with Gasteiger partial charge in [-0.15, -0.1) is 0 Å². The van der Waals surface area contributed by atoms with Gasteiger partial charge in [-0.3, -0.25) is 0 Å². The fraction of sp³-hybridized carbons (Fsp3) is 0.444. The van der Waals surface area contributed by atoms with Crippen molar-refractivity contribution >= 4 is 11.6 Å². The van der Waals surface area contributed by atoms with Crippen molar-refractivity contribution in [2.24, 2.45) is 0 Å². The monoisotopic (exact) mass is 326 g/mol. The predicted octanol–water partition coefficient (Wildman–Crippen LogP) is 3.12. The molecule has 0 saturated carbocycles. The Hall–Kier alpha value is -2.50. The quantitative estimate of drug-likeness (QED) is 0.931. The lowest BCUT2D eigenvalue weighted by Gasteiger charge is -2.28. The molecule has 0 bridgehead atoms. The summed E-state index contributed by atoms with van der Waals surface area (Å²) in [6, 6.07) is 8.05. The molecule has 0 amide bonds. The fourth-order valence-electron chi connectivity index (χ4n) is 3.17. The summed E-state index contributed by atoms with van der Waals surface area (Å²) in [7, 11) is 0. The lowest BCUT2D eigenvalue weighted by atomic mass is 10.1. The van der Waals surface area contributed by atoms with Gasteiger partial charge in [-0.05, 0) is 43.9 Å². The van der Waals surface area contributed by atoms with Crippen LogP contribution in [0, 0.1) is 6.92 Å². The number of nitrogens with zero attached hydrogens (tertiary/aromatic N) is 3. The van der Waals surface area contributed by atoms with E-state index >= 15 is 0 Å². The first kappa shape index (κ1) is 15.1. The fourth-order valence-corrected chi connectivity index (χ4v) is 3.17. The van der Waals surface area contributed by atoms with Crippen LogP contribution in [-0.4, -0.2) is 29.9 Å². The van der Waals surface area contributed by atoms with Crippen molar-refractivity contribution in [3.05, 3.63) is 35.7 Å². The Balaban J connectivity index is 1.47. The van der Waals surface area contributed by atoms with E-state index in [4.69, 9.17) is 9.47 Å². The highest BCUT2D eigenvalue weighted by Crippen LogP contribution is 2.32. The standard InChI is InChI=1S/C18H22N4O2/c1-13-20-17(10-18(21-13)22-7-3-2-4-8-22)19-11-14-5-6-15-16(9-14)24-12-23-15/h5-6,9-10H,2-4,7-8,11-12H2,1H3,(H,19,20,21). The van der Waals surface area contributed by atoms with Crippen LogP contribution in [0.2, 0.25) is 0 Å². The molecular weight excluding hydrogens is 304 g/mol.